The van der Waals surface area contributed by atoms with Crippen LogP contribution < -0.4 is 5.73 Å². The molecule has 0 saturated carbocycles. The van der Waals surface area contributed by atoms with Crippen molar-refractivity contribution in [2.75, 3.05) is 5.73 Å². The maximum atomic E-state index is 12.9. The Bertz CT molecular complexity index is 447. The Labute approximate surface area is 97.0 Å². The number of nitrogen functional groups attached to an aromatic ring is 1. The van der Waals surface area contributed by atoms with E-state index < -0.39 is 23.9 Å². The number of carboxylic acid groups (broad SMARTS) is 1. The molecule has 0 bridgehead atoms. The lowest BCUT2D eigenvalue weighted by Crippen LogP contribution is -2.26. The summed E-state index contributed by atoms with van der Waals surface area (Å²) in [5.41, 5.74) is 5.33. The topological polar surface area (TPSA) is 89.6 Å². The molecule has 6 heteroatoms. The number of carbonyl (C=O) groups is 2. The highest BCUT2D eigenvalue weighted by Crippen LogP contribution is 2.16. The number of benzene rings is 1. The van der Waals surface area contributed by atoms with Crippen molar-refractivity contribution in [2.24, 2.45) is 0 Å². The van der Waals surface area contributed by atoms with Crippen LogP contribution in [0.5, 0.6) is 0 Å². The Kier molecular flexibility index (Phi) is 4.03. The summed E-state index contributed by atoms with van der Waals surface area (Å²) < 4.78 is 17.6. The second-order valence-corrected chi connectivity index (χ2v) is 3.37. The summed E-state index contributed by atoms with van der Waals surface area (Å²) in [4.78, 5) is 22.2. The standard InChI is InChI=1S/C11H12FNO4/c1-2-9(10(14)15)17-11(16)7-5-6(12)3-4-8(7)13/h3-5,9H,2,13H2,1H3,(H,14,15). The van der Waals surface area contributed by atoms with Gasteiger partial charge in [0, 0.05) is 5.69 Å². The minimum Gasteiger partial charge on any atom is -0.479 e. The van der Waals surface area contributed by atoms with Gasteiger partial charge in [0.15, 0.2) is 6.10 Å². The van der Waals surface area contributed by atoms with Crippen LogP contribution in [0.15, 0.2) is 18.2 Å². The lowest BCUT2D eigenvalue weighted by molar-refractivity contribution is -0.147. The van der Waals surface area contributed by atoms with Gasteiger partial charge in [0.2, 0.25) is 0 Å². The smallest absolute Gasteiger partial charge is 0.345 e. The predicted molar refractivity (Wildman–Crippen MR) is 57.9 cm³/mol. The predicted octanol–water partition coefficient (Wildman–Crippen LogP) is 1.43. The number of rotatable bonds is 4. The van der Waals surface area contributed by atoms with Crippen molar-refractivity contribution >= 4 is 17.6 Å². The van der Waals surface area contributed by atoms with Crippen LogP contribution in [0.3, 0.4) is 0 Å². The van der Waals surface area contributed by atoms with Crippen LogP contribution in [0.4, 0.5) is 10.1 Å². The first kappa shape index (κ1) is 13.0. The average Bonchev–Trinajstić information content (AvgIpc) is 2.28. The van der Waals surface area contributed by atoms with Crippen molar-refractivity contribution in [3.63, 3.8) is 0 Å². The first-order chi connectivity index (χ1) is 7.95. The Morgan fingerprint density at radius 3 is 2.71 bits per heavy atom. The fourth-order valence-corrected chi connectivity index (χ4v) is 1.21. The van der Waals surface area contributed by atoms with E-state index in [4.69, 9.17) is 15.6 Å². The van der Waals surface area contributed by atoms with Crippen molar-refractivity contribution in [3.05, 3.63) is 29.6 Å². The van der Waals surface area contributed by atoms with Gasteiger partial charge >= 0.3 is 11.9 Å². The van der Waals surface area contributed by atoms with Crippen LogP contribution in [0.1, 0.15) is 23.7 Å². The molecular weight excluding hydrogens is 229 g/mol. The summed E-state index contributed by atoms with van der Waals surface area (Å²) in [6, 6.07) is 3.22. The fraction of sp³-hybridized carbons (Fsp3) is 0.273. The molecule has 0 aliphatic heterocycles. The zero-order valence-corrected chi connectivity index (χ0v) is 9.14. The molecule has 0 radical (unpaired) electrons. The molecule has 0 amide bonds. The number of anilines is 1. The molecule has 0 spiro atoms. The van der Waals surface area contributed by atoms with E-state index in [2.05, 4.69) is 0 Å². The van der Waals surface area contributed by atoms with Crippen LogP contribution in [0, 0.1) is 5.82 Å². The lowest BCUT2D eigenvalue weighted by Gasteiger charge is -2.12. The molecular formula is C11H12FNO4. The van der Waals surface area contributed by atoms with E-state index >= 15 is 0 Å². The van der Waals surface area contributed by atoms with Gasteiger partial charge in [-0.3, -0.25) is 0 Å². The van der Waals surface area contributed by atoms with Gasteiger partial charge in [0.1, 0.15) is 5.82 Å². The van der Waals surface area contributed by atoms with Crippen LogP contribution in [-0.4, -0.2) is 23.1 Å². The third-order valence-corrected chi connectivity index (χ3v) is 2.13. The molecule has 3 N–H and O–H groups in total. The number of hydrogen-bond acceptors (Lipinski definition) is 4. The second kappa shape index (κ2) is 5.29. The van der Waals surface area contributed by atoms with Gasteiger partial charge in [-0.05, 0) is 24.6 Å². The van der Waals surface area contributed by atoms with Crippen molar-refractivity contribution in [1.82, 2.24) is 0 Å². The Balaban J connectivity index is 2.89. The first-order valence-corrected chi connectivity index (χ1v) is 4.94. The quantitative estimate of drug-likeness (QED) is 0.614. The van der Waals surface area contributed by atoms with E-state index in [9.17, 15) is 14.0 Å². The summed E-state index contributed by atoms with van der Waals surface area (Å²) in [6.45, 7) is 1.56. The molecule has 5 nitrogen and oxygen atoms in total. The van der Waals surface area contributed by atoms with Gasteiger partial charge in [0.25, 0.3) is 0 Å². The first-order valence-electron chi connectivity index (χ1n) is 4.94. The van der Waals surface area contributed by atoms with Gasteiger partial charge in [-0.1, -0.05) is 6.92 Å². The van der Waals surface area contributed by atoms with E-state index in [1.165, 1.54) is 6.07 Å². The molecule has 0 saturated heterocycles. The van der Waals surface area contributed by atoms with Crippen LogP contribution in [-0.2, 0) is 9.53 Å². The molecule has 0 aliphatic carbocycles. The van der Waals surface area contributed by atoms with E-state index in [0.717, 1.165) is 12.1 Å². The third kappa shape index (κ3) is 3.17. The minimum atomic E-state index is -1.26. The summed E-state index contributed by atoms with van der Waals surface area (Å²) in [6.07, 6.45) is -1.14. The number of nitrogens with two attached hydrogens (primary N) is 1. The molecule has 1 atom stereocenters. The molecule has 1 aromatic rings. The van der Waals surface area contributed by atoms with Crippen LogP contribution in [0.2, 0.25) is 0 Å². The largest absolute Gasteiger partial charge is 0.479 e. The van der Waals surface area contributed by atoms with E-state index in [1.54, 1.807) is 6.92 Å². The highest BCUT2D eigenvalue weighted by molar-refractivity contribution is 5.96. The van der Waals surface area contributed by atoms with Crippen LogP contribution >= 0.6 is 0 Å². The van der Waals surface area contributed by atoms with Crippen molar-refractivity contribution in [3.8, 4) is 0 Å². The summed E-state index contributed by atoms with van der Waals surface area (Å²) >= 11 is 0. The summed E-state index contributed by atoms with van der Waals surface area (Å²) in [7, 11) is 0. The fourth-order valence-electron chi connectivity index (χ4n) is 1.21. The maximum Gasteiger partial charge on any atom is 0.345 e. The molecule has 92 valence electrons. The summed E-state index contributed by atoms with van der Waals surface area (Å²) in [5.74, 6) is -2.85. The summed E-state index contributed by atoms with van der Waals surface area (Å²) in [5, 5.41) is 8.71. The highest BCUT2D eigenvalue weighted by Gasteiger charge is 2.22. The average molecular weight is 241 g/mol. The molecule has 1 rings (SSSR count). The Morgan fingerprint density at radius 1 is 1.53 bits per heavy atom. The normalized spacial score (nSPS) is 11.9. The maximum absolute atomic E-state index is 12.9. The SMILES string of the molecule is CCC(OC(=O)c1cc(F)ccc1N)C(=O)O. The second-order valence-electron chi connectivity index (χ2n) is 3.37. The van der Waals surface area contributed by atoms with Gasteiger partial charge < -0.3 is 15.6 Å². The number of esters is 1. The number of aliphatic carboxylic acids is 1. The lowest BCUT2D eigenvalue weighted by atomic mass is 10.2. The molecule has 0 fully saturated rings. The van der Waals surface area contributed by atoms with Gasteiger partial charge in [-0.2, -0.15) is 0 Å². The van der Waals surface area contributed by atoms with E-state index in [1.807, 2.05) is 0 Å². The molecule has 1 unspecified atom stereocenters. The zero-order chi connectivity index (χ0) is 13.0. The van der Waals surface area contributed by atoms with Crippen molar-refractivity contribution in [2.45, 2.75) is 19.4 Å². The number of carboxylic acids is 1. The van der Waals surface area contributed by atoms with Gasteiger partial charge in [-0.15, -0.1) is 0 Å². The van der Waals surface area contributed by atoms with Gasteiger partial charge in [0.05, 0.1) is 5.56 Å². The zero-order valence-electron chi connectivity index (χ0n) is 9.14. The van der Waals surface area contributed by atoms with Crippen LogP contribution in [0.25, 0.3) is 0 Å². The molecule has 0 heterocycles. The van der Waals surface area contributed by atoms with Crippen molar-refractivity contribution < 1.29 is 23.8 Å². The highest BCUT2D eigenvalue weighted by atomic mass is 19.1. The minimum absolute atomic E-state index is 0.0386. The Morgan fingerprint density at radius 2 is 2.18 bits per heavy atom. The molecule has 17 heavy (non-hydrogen) atoms. The van der Waals surface area contributed by atoms with E-state index in [-0.39, 0.29) is 17.7 Å². The number of carbonyl (C=O) groups excluding carboxylic acids is 1. The van der Waals surface area contributed by atoms with E-state index in [0.29, 0.717) is 0 Å². The molecule has 0 aromatic heterocycles. The number of halogens is 1. The molecule has 1 aromatic carbocycles. The number of ether oxygens (including phenoxy) is 1. The Hall–Kier alpha value is -2.11. The monoisotopic (exact) mass is 241 g/mol. The molecule has 0 aliphatic rings. The van der Waals surface area contributed by atoms with Gasteiger partial charge in [-0.25, -0.2) is 14.0 Å². The number of hydrogen-bond donors (Lipinski definition) is 2. The third-order valence-electron chi connectivity index (χ3n) is 2.13. The van der Waals surface area contributed by atoms with Crippen molar-refractivity contribution in [1.29, 1.82) is 0 Å².